The van der Waals surface area contributed by atoms with E-state index in [0.29, 0.717) is 0 Å². The van der Waals surface area contributed by atoms with Gasteiger partial charge in [-0.15, -0.1) is 0 Å². The van der Waals surface area contributed by atoms with Gasteiger partial charge in [0.1, 0.15) is 0 Å². The number of carbonyl (C=O) groups is 2. The van der Waals surface area contributed by atoms with Crippen molar-refractivity contribution < 1.29 is 160 Å². The van der Waals surface area contributed by atoms with E-state index in [9.17, 15) is 150 Å². The molecule has 0 fully saturated rings. The molecule has 0 aliphatic rings. The lowest BCUT2D eigenvalue weighted by atomic mass is 9.89. The monoisotopic (exact) mass is 890 g/mol. The minimum absolute atomic E-state index is 1.64. The van der Waals surface area contributed by atoms with Gasteiger partial charge in [0.2, 0.25) is 0 Å². The lowest BCUT2D eigenvalue weighted by Gasteiger charge is -2.41. The van der Waals surface area contributed by atoms with Crippen molar-refractivity contribution in [1.82, 2.24) is 0 Å². The molecule has 0 radical (unpaired) electrons. The van der Waals surface area contributed by atoms with Crippen LogP contribution in [0.4, 0.5) is 140 Å². The van der Waals surface area contributed by atoms with Gasteiger partial charge in [0.15, 0.2) is 0 Å². The lowest BCUT2D eigenvalue weighted by molar-refractivity contribution is -0.437. The Morgan fingerprint density at radius 3 is 0.630 bits per heavy atom. The molecule has 0 bridgehead atoms. The van der Waals surface area contributed by atoms with Gasteiger partial charge < -0.3 is 0 Å². The summed E-state index contributed by atoms with van der Waals surface area (Å²) in [5, 5.41) is 0. The fraction of sp³-hybridized carbons (Fsp3) is 0.889. The Labute approximate surface area is 269 Å². The molecule has 0 rings (SSSR count). The summed E-state index contributed by atoms with van der Waals surface area (Å²) in [7, 11) is 0. The molecule has 0 aromatic carbocycles. The summed E-state index contributed by atoms with van der Waals surface area (Å²) in [5.41, 5.74) is 0. The maximum Gasteiger partial charge on any atom is 0.431 e. The fourth-order valence-corrected chi connectivity index (χ4v) is 2.77. The highest BCUT2D eigenvalue weighted by Crippen LogP contribution is 2.63. The lowest BCUT2D eigenvalue weighted by Crippen LogP contribution is -2.73. The van der Waals surface area contributed by atoms with Crippen LogP contribution < -0.4 is 0 Å². The van der Waals surface area contributed by atoms with Crippen molar-refractivity contribution in [2.45, 2.75) is 95.8 Å². The van der Waals surface area contributed by atoms with E-state index >= 15 is 0 Å². The molecule has 0 aliphatic carbocycles. The van der Waals surface area contributed by atoms with Crippen molar-refractivity contribution in [2.24, 2.45) is 0 Å². The first-order valence-electron chi connectivity index (χ1n) is 11.2. The second kappa shape index (κ2) is 13.1. The summed E-state index contributed by atoms with van der Waals surface area (Å²) in [4.78, 5) is 25.1. The van der Waals surface area contributed by atoms with Gasteiger partial charge in [-0.1, -0.05) is 0 Å². The van der Waals surface area contributed by atoms with Crippen molar-refractivity contribution in [1.29, 1.82) is 0 Å². The first kappa shape index (κ1) is 50.7. The third-order valence-corrected chi connectivity index (χ3v) is 5.91. The average molecular weight is 890 g/mol. The molecule has 0 aromatic rings. The van der Waals surface area contributed by atoms with Crippen molar-refractivity contribution in [3.8, 4) is 0 Å². The van der Waals surface area contributed by atoms with Crippen LogP contribution in [0, 0.1) is 0 Å². The number of rotatable bonds is 14. The highest BCUT2D eigenvalue weighted by molar-refractivity contribution is 5.82. The van der Waals surface area contributed by atoms with Crippen molar-refractivity contribution in [3.05, 3.63) is 0 Å². The Morgan fingerprint density at radius 2 is 0.463 bits per heavy atom. The Morgan fingerprint density at radius 1 is 0.296 bits per heavy atom. The largest absolute Gasteiger partial charge is 0.431 e. The van der Waals surface area contributed by atoms with Crippen LogP contribution >= 0.6 is 0 Å². The van der Waals surface area contributed by atoms with Gasteiger partial charge in [0.05, 0.1) is 0 Å². The zero-order chi connectivity index (χ0) is 44.7. The van der Waals surface area contributed by atoms with Crippen molar-refractivity contribution in [3.63, 3.8) is 0 Å². The third-order valence-electron chi connectivity index (χ3n) is 5.91. The predicted octanol–water partition coefficient (Wildman–Crippen LogP) is 9.41. The summed E-state index contributed by atoms with van der Waals surface area (Å²) in [6.07, 6.45) is -28.5. The zero-order valence-electron chi connectivity index (χ0n) is 22.9. The molecule has 54 heavy (non-hydrogen) atoms. The Bertz CT molecular complexity index is 1280. The second-order valence-corrected chi connectivity index (χ2v) is 9.54. The topological polar surface area (TPSA) is 52.6 Å². The van der Waals surface area contributed by atoms with E-state index in [1.54, 1.807) is 9.78 Å². The van der Waals surface area contributed by atoms with E-state index in [2.05, 4.69) is 0 Å². The molecular formula is C18H2F32O4. The van der Waals surface area contributed by atoms with E-state index in [0.717, 1.165) is 0 Å². The van der Waals surface area contributed by atoms with Crippen LogP contribution in [0.5, 0.6) is 0 Å². The van der Waals surface area contributed by atoms with Crippen molar-refractivity contribution in [2.75, 3.05) is 0 Å². The van der Waals surface area contributed by atoms with Gasteiger partial charge in [-0.05, 0) is 0 Å². The number of hydrogen-bond acceptors (Lipinski definition) is 4. The average Bonchev–Trinajstić information content (AvgIpc) is 2.96. The molecule has 0 amide bonds. The van der Waals surface area contributed by atoms with E-state index in [1.165, 1.54) is 0 Å². The Kier molecular flexibility index (Phi) is 12.3. The summed E-state index contributed by atoms with van der Waals surface area (Å²) < 4.78 is 421. The number of alkyl halides is 32. The Balaban J connectivity index is 6.78. The van der Waals surface area contributed by atoms with E-state index in [4.69, 9.17) is 0 Å². The van der Waals surface area contributed by atoms with E-state index in [1.807, 2.05) is 0 Å². The Hall–Kier alpha value is -3.30. The minimum atomic E-state index is -9.23. The van der Waals surface area contributed by atoms with Crippen LogP contribution in [-0.2, 0) is 19.4 Å². The molecule has 0 saturated carbocycles. The van der Waals surface area contributed by atoms with Gasteiger partial charge in [-0.2, -0.15) is 132 Å². The highest BCUT2D eigenvalue weighted by Gasteiger charge is 2.95. The normalized spacial score (nSPS) is 17.3. The van der Waals surface area contributed by atoms with Crippen LogP contribution in [0.1, 0.15) is 0 Å². The van der Waals surface area contributed by atoms with Gasteiger partial charge in [0, 0.05) is 0 Å². The van der Waals surface area contributed by atoms with Gasteiger partial charge in [-0.3, -0.25) is 0 Å². The molecule has 0 saturated heterocycles. The smallest absolute Gasteiger partial charge is 0.240 e. The van der Waals surface area contributed by atoms with Crippen LogP contribution in [0.2, 0.25) is 0 Å². The number of halogens is 32. The SMILES string of the molecule is O=C(OOC(=O)C(F)(F)C(F)(F)C(F)(F)C(F)(F)C(F)(F)C(F)(F)C(F)C(F)(F)F)C(F)(F)C(F)(F)C(F)(F)C(F)(F)C(F)(F)C(F)(F)C(F)C(F)(F)F. The molecule has 36 heteroatoms. The molecule has 0 aliphatic heterocycles. The summed E-state index contributed by atoms with van der Waals surface area (Å²) in [5.74, 6) is -117. The molecule has 322 valence electrons. The maximum absolute atomic E-state index is 13.7. The molecule has 0 spiro atoms. The number of carbonyl (C=O) groups excluding carboxylic acids is 2. The summed E-state index contributed by atoms with van der Waals surface area (Å²) >= 11 is 0. The van der Waals surface area contributed by atoms with Gasteiger partial charge >= 0.3 is 95.4 Å². The molecule has 4 nitrogen and oxygen atoms in total. The van der Waals surface area contributed by atoms with E-state index in [-0.39, 0.29) is 0 Å². The highest BCUT2D eigenvalue weighted by atomic mass is 19.4. The summed E-state index contributed by atoms with van der Waals surface area (Å²) in [6.45, 7) is 0. The molecule has 0 aromatic heterocycles. The van der Waals surface area contributed by atoms with Crippen LogP contribution in [0.25, 0.3) is 0 Å². The molecule has 2 atom stereocenters. The third kappa shape index (κ3) is 6.79. The standard InChI is InChI=1S/C18H2F32O4/c19-1(9(29,30)31)5(21,22)11(35,36)15(43,44)17(47,48)13(39,40)7(25,26)3(51)53-54-4(52)8(27,28)14(41,42)18(49,50)16(45,46)12(37,38)6(23,24)2(20)10(32,33)34/h1-2H. The molecule has 2 unspecified atom stereocenters. The van der Waals surface area contributed by atoms with Crippen LogP contribution in [-0.4, -0.2) is 108 Å². The first-order chi connectivity index (χ1) is 22.9. The first-order valence-corrected chi connectivity index (χ1v) is 11.2. The van der Waals surface area contributed by atoms with E-state index < -0.39 is 108 Å². The van der Waals surface area contributed by atoms with Gasteiger partial charge in [0.25, 0.3) is 12.3 Å². The number of hydrogen-bond donors (Lipinski definition) is 0. The van der Waals surface area contributed by atoms with Gasteiger partial charge in [-0.25, -0.2) is 28.1 Å². The maximum atomic E-state index is 13.7. The molecule has 0 N–H and O–H groups in total. The van der Waals surface area contributed by atoms with Crippen LogP contribution in [0.15, 0.2) is 0 Å². The van der Waals surface area contributed by atoms with Crippen molar-refractivity contribution >= 4 is 11.9 Å². The zero-order valence-corrected chi connectivity index (χ0v) is 22.9. The minimum Gasteiger partial charge on any atom is -0.240 e. The summed E-state index contributed by atoms with van der Waals surface area (Å²) in [6, 6.07) is 0. The predicted molar refractivity (Wildman–Crippen MR) is 93.5 cm³/mol. The molecular weight excluding hydrogens is 888 g/mol. The van der Waals surface area contributed by atoms with Crippen LogP contribution in [0.3, 0.4) is 0 Å². The quantitative estimate of drug-likeness (QED) is 0.0992. The molecule has 0 heterocycles. The second-order valence-electron chi connectivity index (χ2n) is 9.54. The fourth-order valence-electron chi connectivity index (χ4n) is 2.77.